The van der Waals surface area contributed by atoms with Crippen molar-refractivity contribution in [3.63, 3.8) is 0 Å². The monoisotopic (exact) mass is 408 g/mol. The molecule has 2 aromatic rings. The number of aryl methyl sites for hydroxylation is 1. The molecule has 0 atom stereocenters. The molecule has 0 aliphatic rings. The van der Waals surface area contributed by atoms with Gasteiger partial charge in [-0.25, -0.2) is 8.42 Å². The third-order valence-corrected chi connectivity index (χ3v) is 7.95. The van der Waals surface area contributed by atoms with Gasteiger partial charge in [-0.1, -0.05) is 0 Å². The summed E-state index contributed by atoms with van der Waals surface area (Å²) in [6.07, 6.45) is 0. The summed E-state index contributed by atoms with van der Waals surface area (Å²) in [4.78, 5) is 2.31. The maximum Gasteiger partial charge on any atom is 0.244 e. The fourth-order valence-corrected chi connectivity index (χ4v) is 6.51. The molecule has 0 radical (unpaired) electrons. The van der Waals surface area contributed by atoms with Crippen molar-refractivity contribution in [1.29, 1.82) is 0 Å². The van der Waals surface area contributed by atoms with E-state index in [1.54, 1.807) is 18.4 Å². The Kier molecular flexibility index (Phi) is 5.61. The van der Waals surface area contributed by atoms with E-state index >= 15 is 0 Å². The number of hydrogen-bond acceptors (Lipinski definition) is 5. The molecule has 0 unspecified atom stereocenters. The number of thiophene rings is 2. The fraction of sp³-hybridized carbons (Fsp3) is 0.385. The zero-order valence-electron chi connectivity index (χ0n) is 12.0. The van der Waals surface area contributed by atoms with Gasteiger partial charge in [-0.05, 0) is 46.9 Å². The van der Waals surface area contributed by atoms with Crippen molar-refractivity contribution in [2.75, 3.05) is 14.1 Å². The predicted molar refractivity (Wildman–Crippen MR) is 92.5 cm³/mol. The van der Waals surface area contributed by atoms with Crippen molar-refractivity contribution in [3.8, 4) is 0 Å². The first-order valence-electron chi connectivity index (χ1n) is 6.27. The quantitative estimate of drug-likeness (QED) is 0.796. The third kappa shape index (κ3) is 3.75. The molecule has 21 heavy (non-hydrogen) atoms. The fourth-order valence-electron chi connectivity index (χ4n) is 2.01. The minimum absolute atomic E-state index is 0.382. The number of hydrogen-bond donors (Lipinski definition) is 1. The van der Waals surface area contributed by atoms with E-state index in [2.05, 4.69) is 21.2 Å². The molecule has 1 N–H and O–H groups in total. The first kappa shape index (κ1) is 17.1. The Labute approximate surface area is 142 Å². The Morgan fingerprint density at radius 3 is 2.62 bits per heavy atom. The summed E-state index contributed by atoms with van der Waals surface area (Å²) in [7, 11) is -0.0270. The van der Waals surface area contributed by atoms with Crippen molar-refractivity contribution in [2.24, 2.45) is 0 Å². The Hall–Kier alpha value is -0.250. The molecule has 0 aliphatic heterocycles. The molecular weight excluding hydrogens is 392 g/mol. The summed E-state index contributed by atoms with van der Waals surface area (Å²) in [5, 5.41) is 6.88. The summed E-state index contributed by atoms with van der Waals surface area (Å²) in [6, 6.07) is 1.95. The predicted octanol–water partition coefficient (Wildman–Crippen LogP) is 3.42. The molecule has 0 bridgehead atoms. The molecule has 0 saturated heterocycles. The van der Waals surface area contributed by atoms with Crippen LogP contribution in [0, 0.1) is 6.92 Å². The second-order valence-corrected chi connectivity index (χ2v) is 9.55. The number of rotatable bonds is 6. The lowest BCUT2D eigenvalue weighted by Gasteiger charge is -2.17. The van der Waals surface area contributed by atoms with Crippen LogP contribution in [-0.2, 0) is 23.1 Å². The molecule has 2 heterocycles. The van der Waals surface area contributed by atoms with Gasteiger partial charge >= 0.3 is 0 Å². The smallest absolute Gasteiger partial charge is 0.244 e. The molecule has 0 aromatic carbocycles. The molecule has 0 spiro atoms. The maximum absolute atomic E-state index is 12.8. The second-order valence-electron chi connectivity index (χ2n) is 4.69. The molecule has 116 valence electrons. The van der Waals surface area contributed by atoms with Crippen LogP contribution >= 0.6 is 38.6 Å². The van der Waals surface area contributed by atoms with Crippen LogP contribution in [-0.4, -0.2) is 26.8 Å². The number of nitrogens with one attached hydrogen (secondary N) is 1. The zero-order valence-corrected chi connectivity index (χ0v) is 16.0. The van der Waals surface area contributed by atoms with Crippen molar-refractivity contribution in [2.45, 2.75) is 24.9 Å². The lowest BCUT2D eigenvalue weighted by Crippen LogP contribution is -2.27. The number of nitrogens with zero attached hydrogens (tertiary/aromatic N) is 1. The molecule has 4 nitrogen and oxygen atoms in total. The lowest BCUT2D eigenvalue weighted by atomic mass is 10.3. The minimum Gasteiger partial charge on any atom is -0.315 e. The summed E-state index contributed by atoms with van der Waals surface area (Å²) < 4.78 is 28.0. The van der Waals surface area contributed by atoms with Gasteiger partial charge in [0.25, 0.3) is 0 Å². The van der Waals surface area contributed by atoms with Crippen LogP contribution in [0.15, 0.2) is 26.2 Å². The van der Waals surface area contributed by atoms with E-state index in [1.165, 1.54) is 15.6 Å². The summed E-state index contributed by atoms with van der Waals surface area (Å²) >= 11 is 6.42. The van der Waals surface area contributed by atoms with Gasteiger partial charge in [0.05, 0.1) is 0 Å². The van der Waals surface area contributed by atoms with Gasteiger partial charge in [0, 0.05) is 39.7 Å². The largest absolute Gasteiger partial charge is 0.315 e. The van der Waals surface area contributed by atoms with Crippen molar-refractivity contribution < 1.29 is 8.42 Å². The van der Waals surface area contributed by atoms with E-state index < -0.39 is 10.0 Å². The average Bonchev–Trinajstić information content (AvgIpc) is 2.97. The van der Waals surface area contributed by atoms with Gasteiger partial charge in [0.15, 0.2) is 0 Å². The highest BCUT2D eigenvalue weighted by Crippen LogP contribution is 2.30. The average molecular weight is 409 g/mol. The second kappa shape index (κ2) is 6.89. The Morgan fingerprint density at radius 1 is 1.33 bits per heavy atom. The molecule has 0 amide bonds. The van der Waals surface area contributed by atoms with Gasteiger partial charge in [0.1, 0.15) is 4.90 Å². The lowest BCUT2D eigenvalue weighted by molar-refractivity contribution is 0.468. The molecule has 0 saturated carbocycles. The van der Waals surface area contributed by atoms with Crippen molar-refractivity contribution in [3.05, 3.63) is 36.6 Å². The van der Waals surface area contributed by atoms with Gasteiger partial charge in [-0.2, -0.15) is 4.31 Å². The number of sulfonamides is 1. The van der Waals surface area contributed by atoms with Crippen LogP contribution in [0.3, 0.4) is 0 Å². The summed E-state index contributed by atoms with van der Waals surface area (Å²) in [5.41, 5.74) is 0.810. The topological polar surface area (TPSA) is 49.4 Å². The summed E-state index contributed by atoms with van der Waals surface area (Å²) in [5.74, 6) is 0. The molecule has 0 fully saturated rings. The maximum atomic E-state index is 12.8. The summed E-state index contributed by atoms with van der Waals surface area (Å²) in [6.45, 7) is 2.79. The Bertz CT molecular complexity index is 722. The first-order chi connectivity index (χ1) is 9.86. The SMILES string of the molecule is CNCc1scc(C)c1S(=O)(=O)N(C)Cc1cc(Br)cs1. The molecule has 8 heteroatoms. The van der Waals surface area contributed by atoms with Gasteiger partial charge < -0.3 is 5.32 Å². The van der Waals surface area contributed by atoms with Crippen molar-refractivity contribution in [1.82, 2.24) is 9.62 Å². The van der Waals surface area contributed by atoms with E-state index in [1.807, 2.05) is 30.8 Å². The minimum atomic E-state index is -3.47. The zero-order chi connectivity index (χ0) is 15.6. The van der Waals surface area contributed by atoms with Crippen LogP contribution < -0.4 is 5.32 Å². The van der Waals surface area contributed by atoms with Crippen LogP contribution in [0.2, 0.25) is 0 Å². The van der Waals surface area contributed by atoms with Gasteiger partial charge in [-0.3, -0.25) is 0 Å². The van der Waals surface area contributed by atoms with E-state index in [9.17, 15) is 8.42 Å². The highest BCUT2D eigenvalue weighted by Gasteiger charge is 2.27. The molecular formula is C13H17BrN2O2S3. The standard InChI is InChI=1S/C13H17BrN2O2S3/c1-9-7-20-12(5-15-2)13(9)21(17,18)16(3)6-11-4-10(14)8-19-11/h4,7-8,15H,5-6H2,1-3H3. The van der Waals surface area contributed by atoms with Crippen LogP contribution in [0.1, 0.15) is 15.3 Å². The van der Waals surface area contributed by atoms with E-state index in [0.29, 0.717) is 18.0 Å². The van der Waals surface area contributed by atoms with Crippen LogP contribution in [0.25, 0.3) is 0 Å². The van der Waals surface area contributed by atoms with Gasteiger partial charge in [-0.15, -0.1) is 22.7 Å². The molecule has 2 rings (SSSR count). The molecule has 0 aliphatic carbocycles. The molecule has 2 aromatic heterocycles. The Morgan fingerprint density at radius 2 is 2.05 bits per heavy atom. The van der Waals surface area contributed by atoms with Crippen LogP contribution in [0.4, 0.5) is 0 Å². The van der Waals surface area contributed by atoms with E-state index in [0.717, 1.165) is 19.8 Å². The number of halogens is 1. The van der Waals surface area contributed by atoms with Crippen LogP contribution in [0.5, 0.6) is 0 Å². The van der Waals surface area contributed by atoms with E-state index in [4.69, 9.17) is 0 Å². The van der Waals surface area contributed by atoms with Gasteiger partial charge in [0.2, 0.25) is 10.0 Å². The Balaban J connectivity index is 2.30. The third-order valence-electron chi connectivity index (χ3n) is 3.00. The first-order valence-corrected chi connectivity index (χ1v) is 10.3. The van der Waals surface area contributed by atoms with Crippen molar-refractivity contribution >= 4 is 48.6 Å². The highest BCUT2D eigenvalue weighted by molar-refractivity contribution is 9.10. The highest BCUT2D eigenvalue weighted by atomic mass is 79.9. The normalized spacial score (nSPS) is 12.2. The van der Waals surface area contributed by atoms with E-state index in [-0.39, 0.29) is 0 Å².